The lowest BCUT2D eigenvalue weighted by atomic mass is 10.6. The van der Waals surface area contributed by atoms with Gasteiger partial charge in [-0.1, -0.05) is 29.3 Å². The van der Waals surface area contributed by atoms with E-state index in [-0.39, 0.29) is 5.11 Å². The fourth-order valence-corrected chi connectivity index (χ4v) is 1.07. The first kappa shape index (κ1) is 10.0. The number of thiocarbonyl (C=S) groups is 1. The molecule has 58 valence electrons. The van der Waals surface area contributed by atoms with Crippen LogP contribution >= 0.6 is 35.4 Å². The minimum Gasteiger partial charge on any atom is -0.376 e. The molecule has 0 amide bonds. The Bertz CT molecular complexity index is 138. The van der Waals surface area contributed by atoms with Crippen molar-refractivity contribution in [1.29, 1.82) is 0 Å². The van der Waals surface area contributed by atoms with E-state index < -0.39 is 4.96 Å². The SMILES string of the molecule is C=CCN(C(N)=S)C(Cl)Cl. The Balaban J connectivity index is 3.97. The fourth-order valence-electron chi connectivity index (χ4n) is 0.405. The van der Waals surface area contributed by atoms with Crippen LogP contribution in [0, 0.1) is 0 Å². The molecule has 0 spiro atoms. The zero-order chi connectivity index (χ0) is 8.15. The van der Waals surface area contributed by atoms with Gasteiger partial charge in [0.15, 0.2) is 10.1 Å². The average Bonchev–Trinajstić information content (AvgIpc) is 1.81. The maximum Gasteiger partial charge on any atom is 0.181 e. The highest BCUT2D eigenvalue weighted by Gasteiger charge is 2.10. The molecule has 0 unspecified atom stereocenters. The zero-order valence-corrected chi connectivity index (χ0v) is 7.59. The van der Waals surface area contributed by atoms with Gasteiger partial charge in [-0.3, -0.25) is 0 Å². The van der Waals surface area contributed by atoms with E-state index in [0.29, 0.717) is 6.54 Å². The van der Waals surface area contributed by atoms with Gasteiger partial charge in [0, 0.05) is 6.54 Å². The van der Waals surface area contributed by atoms with Crippen molar-refractivity contribution in [3.8, 4) is 0 Å². The summed E-state index contributed by atoms with van der Waals surface area (Å²) in [5.41, 5.74) is 5.26. The summed E-state index contributed by atoms with van der Waals surface area (Å²) in [6.45, 7) is 3.96. The van der Waals surface area contributed by atoms with Gasteiger partial charge >= 0.3 is 0 Å². The average molecular weight is 199 g/mol. The summed E-state index contributed by atoms with van der Waals surface area (Å²) in [7, 11) is 0. The number of nitrogens with zero attached hydrogens (tertiary/aromatic N) is 1. The lowest BCUT2D eigenvalue weighted by Crippen LogP contribution is -2.38. The molecule has 0 aromatic rings. The number of rotatable bonds is 3. The monoisotopic (exact) mass is 198 g/mol. The van der Waals surface area contributed by atoms with Crippen molar-refractivity contribution in [2.75, 3.05) is 6.54 Å². The lowest BCUT2D eigenvalue weighted by Gasteiger charge is -2.21. The first-order valence-corrected chi connectivity index (χ1v) is 3.82. The second-order valence-electron chi connectivity index (χ2n) is 1.56. The number of halogens is 2. The summed E-state index contributed by atoms with van der Waals surface area (Å²) < 4.78 is 0. The van der Waals surface area contributed by atoms with Gasteiger partial charge in [-0.15, -0.1) is 6.58 Å². The third-order valence-electron chi connectivity index (χ3n) is 0.844. The van der Waals surface area contributed by atoms with Gasteiger partial charge in [0.25, 0.3) is 0 Å². The molecular formula is C5H8Cl2N2S. The maximum absolute atomic E-state index is 5.49. The summed E-state index contributed by atoms with van der Waals surface area (Å²) in [5.74, 6) is 0. The second-order valence-corrected chi connectivity index (χ2v) is 3.03. The van der Waals surface area contributed by atoms with Gasteiger partial charge in [0.1, 0.15) is 0 Å². The third kappa shape index (κ3) is 3.25. The van der Waals surface area contributed by atoms with Gasteiger partial charge in [-0.25, -0.2) is 0 Å². The van der Waals surface area contributed by atoms with Crippen LogP contribution in [0.2, 0.25) is 0 Å². The van der Waals surface area contributed by atoms with Crippen LogP contribution in [0.5, 0.6) is 0 Å². The van der Waals surface area contributed by atoms with E-state index in [9.17, 15) is 0 Å². The van der Waals surface area contributed by atoms with Crippen LogP contribution in [0.1, 0.15) is 0 Å². The lowest BCUT2D eigenvalue weighted by molar-refractivity contribution is 0.510. The molecule has 0 aliphatic carbocycles. The molecule has 0 aromatic heterocycles. The van der Waals surface area contributed by atoms with Crippen LogP contribution in [-0.4, -0.2) is 21.5 Å². The molecule has 0 radical (unpaired) electrons. The number of hydrogen-bond acceptors (Lipinski definition) is 1. The minimum atomic E-state index is -0.699. The maximum atomic E-state index is 5.49. The molecule has 0 heterocycles. The molecule has 0 saturated heterocycles. The van der Waals surface area contributed by atoms with Gasteiger partial charge in [-0.05, 0) is 12.2 Å². The molecule has 5 heteroatoms. The number of alkyl halides is 2. The molecule has 0 bridgehead atoms. The Kier molecular flexibility index (Phi) is 4.77. The second kappa shape index (κ2) is 4.77. The van der Waals surface area contributed by atoms with E-state index in [0.717, 1.165) is 0 Å². The van der Waals surface area contributed by atoms with E-state index in [1.54, 1.807) is 6.08 Å². The summed E-state index contributed by atoms with van der Waals surface area (Å²) in [4.78, 5) is 0.737. The van der Waals surface area contributed by atoms with Crippen LogP contribution in [-0.2, 0) is 0 Å². The molecule has 0 aliphatic rings. The molecule has 0 atom stereocenters. The summed E-state index contributed by atoms with van der Waals surface area (Å²) in [5, 5.41) is 0.176. The molecule has 0 fully saturated rings. The van der Waals surface area contributed by atoms with Crippen LogP contribution in [0.25, 0.3) is 0 Å². The Morgan fingerprint density at radius 2 is 2.30 bits per heavy atom. The van der Waals surface area contributed by atoms with Crippen molar-refractivity contribution in [3.63, 3.8) is 0 Å². The largest absolute Gasteiger partial charge is 0.376 e. The fraction of sp³-hybridized carbons (Fsp3) is 0.400. The van der Waals surface area contributed by atoms with Crippen LogP contribution < -0.4 is 5.73 Å². The molecule has 2 N–H and O–H groups in total. The van der Waals surface area contributed by atoms with E-state index in [2.05, 4.69) is 18.8 Å². The molecule has 2 nitrogen and oxygen atoms in total. The van der Waals surface area contributed by atoms with Crippen LogP contribution in [0.15, 0.2) is 12.7 Å². The Labute approximate surface area is 75.6 Å². The normalized spacial score (nSPS) is 9.50. The third-order valence-corrected chi connectivity index (χ3v) is 1.55. The standard InChI is InChI=1S/C5H8Cl2N2S/c1-2-3-9(4(6)7)5(8)10/h2,4H,1,3H2,(H2,8,10). The van der Waals surface area contributed by atoms with Crippen LogP contribution in [0.3, 0.4) is 0 Å². The van der Waals surface area contributed by atoms with Crippen molar-refractivity contribution >= 4 is 40.5 Å². The van der Waals surface area contributed by atoms with Crippen molar-refractivity contribution in [1.82, 2.24) is 4.90 Å². The molecular weight excluding hydrogens is 191 g/mol. The van der Waals surface area contributed by atoms with Crippen molar-refractivity contribution < 1.29 is 0 Å². The van der Waals surface area contributed by atoms with Crippen molar-refractivity contribution in [2.24, 2.45) is 5.73 Å². The van der Waals surface area contributed by atoms with Gasteiger partial charge in [-0.2, -0.15) is 0 Å². The zero-order valence-electron chi connectivity index (χ0n) is 5.26. The Morgan fingerprint density at radius 3 is 2.40 bits per heavy atom. The summed E-state index contributed by atoms with van der Waals surface area (Å²) >= 11 is 15.6. The van der Waals surface area contributed by atoms with Crippen molar-refractivity contribution in [2.45, 2.75) is 4.96 Å². The van der Waals surface area contributed by atoms with E-state index in [1.807, 2.05) is 0 Å². The number of nitrogens with two attached hydrogens (primary N) is 1. The van der Waals surface area contributed by atoms with Gasteiger partial charge in [0.05, 0.1) is 0 Å². The van der Waals surface area contributed by atoms with Gasteiger partial charge < -0.3 is 10.6 Å². The van der Waals surface area contributed by atoms with E-state index in [1.165, 1.54) is 4.90 Å². The first-order chi connectivity index (χ1) is 4.59. The highest BCUT2D eigenvalue weighted by atomic mass is 35.5. The van der Waals surface area contributed by atoms with E-state index in [4.69, 9.17) is 28.9 Å². The highest BCUT2D eigenvalue weighted by Crippen LogP contribution is 2.08. The van der Waals surface area contributed by atoms with E-state index >= 15 is 0 Å². The predicted octanol–water partition coefficient (Wildman–Crippen LogP) is 1.48. The Morgan fingerprint density at radius 1 is 1.80 bits per heavy atom. The Hall–Kier alpha value is 0.01000. The molecule has 0 rings (SSSR count). The predicted molar refractivity (Wildman–Crippen MR) is 49.2 cm³/mol. The molecule has 10 heavy (non-hydrogen) atoms. The first-order valence-electron chi connectivity index (χ1n) is 2.54. The summed E-state index contributed by atoms with van der Waals surface area (Å²) in [6, 6.07) is 0. The topological polar surface area (TPSA) is 29.3 Å². The summed E-state index contributed by atoms with van der Waals surface area (Å²) in [6.07, 6.45) is 1.62. The highest BCUT2D eigenvalue weighted by molar-refractivity contribution is 7.80. The number of hydrogen-bond donors (Lipinski definition) is 1. The van der Waals surface area contributed by atoms with Gasteiger partial charge in [0.2, 0.25) is 0 Å². The quantitative estimate of drug-likeness (QED) is 0.323. The molecule has 0 aliphatic heterocycles. The minimum absolute atomic E-state index is 0.176. The van der Waals surface area contributed by atoms with Crippen LogP contribution in [0.4, 0.5) is 0 Å². The molecule has 0 saturated carbocycles. The molecule has 0 aromatic carbocycles. The van der Waals surface area contributed by atoms with Crippen molar-refractivity contribution in [3.05, 3.63) is 12.7 Å². The smallest absolute Gasteiger partial charge is 0.181 e.